The molecule has 0 aliphatic rings. The smallest absolute Gasteiger partial charge is 0.269 e. The van der Waals surface area contributed by atoms with Gasteiger partial charge in [0.2, 0.25) is 5.91 Å². The van der Waals surface area contributed by atoms with Crippen LogP contribution in [0.2, 0.25) is 0 Å². The van der Waals surface area contributed by atoms with E-state index >= 15 is 0 Å². The van der Waals surface area contributed by atoms with E-state index in [1.165, 1.54) is 23.9 Å². The van der Waals surface area contributed by atoms with Crippen molar-refractivity contribution in [3.8, 4) is 0 Å². The average molecular weight is 348 g/mol. The average Bonchev–Trinajstić information content (AvgIpc) is 3.06. The lowest BCUT2D eigenvalue weighted by atomic mass is 10.2. The Kier molecular flexibility index (Phi) is 6.36. The number of benzene rings is 1. The maximum absolute atomic E-state index is 12.2. The van der Waals surface area contributed by atoms with Crippen molar-refractivity contribution in [1.29, 1.82) is 0 Å². The highest BCUT2D eigenvalue weighted by Crippen LogP contribution is 2.25. The molecule has 0 aliphatic carbocycles. The van der Waals surface area contributed by atoms with Gasteiger partial charge in [-0.25, -0.2) is 0 Å². The summed E-state index contributed by atoms with van der Waals surface area (Å²) in [6.07, 6.45) is 3.62. The van der Waals surface area contributed by atoms with Crippen molar-refractivity contribution in [2.45, 2.75) is 30.5 Å². The number of hydrogen-bond acceptors (Lipinski definition) is 5. The number of carbonyl (C=O) groups is 1. The minimum Gasteiger partial charge on any atom is -0.355 e. The summed E-state index contributed by atoms with van der Waals surface area (Å²) in [7, 11) is 0. The van der Waals surface area contributed by atoms with Gasteiger partial charge in [-0.2, -0.15) is 5.10 Å². The van der Waals surface area contributed by atoms with Gasteiger partial charge in [0.05, 0.1) is 10.2 Å². The molecule has 2 atom stereocenters. The van der Waals surface area contributed by atoms with Crippen LogP contribution in [-0.4, -0.2) is 32.4 Å². The quantitative estimate of drug-likeness (QED) is 0.450. The van der Waals surface area contributed by atoms with Crippen molar-refractivity contribution >= 4 is 23.4 Å². The Morgan fingerprint density at radius 1 is 1.38 bits per heavy atom. The third-order valence-corrected chi connectivity index (χ3v) is 4.52. The molecule has 8 heteroatoms. The summed E-state index contributed by atoms with van der Waals surface area (Å²) in [5.41, 5.74) is 0.0453. The van der Waals surface area contributed by atoms with Gasteiger partial charge in [-0.05, 0) is 31.0 Å². The third-order valence-electron chi connectivity index (χ3n) is 3.41. The highest BCUT2D eigenvalue weighted by atomic mass is 32.2. The molecule has 0 spiro atoms. The molecule has 0 unspecified atom stereocenters. The van der Waals surface area contributed by atoms with Gasteiger partial charge >= 0.3 is 0 Å². The summed E-state index contributed by atoms with van der Waals surface area (Å²) in [5.74, 6) is 0.219. The number of rotatable bonds is 8. The van der Waals surface area contributed by atoms with Crippen LogP contribution < -0.4 is 5.32 Å². The normalized spacial score (nSPS) is 13.2. The van der Waals surface area contributed by atoms with E-state index in [9.17, 15) is 14.9 Å². The van der Waals surface area contributed by atoms with E-state index in [-0.39, 0.29) is 22.8 Å². The molecule has 0 bridgehead atoms. The van der Waals surface area contributed by atoms with Gasteiger partial charge in [0.25, 0.3) is 5.69 Å². The maximum Gasteiger partial charge on any atom is 0.269 e. The number of carbonyl (C=O) groups excluding carboxylic acids is 1. The Morgan fingerprint density at radius 3 is 2.67 bits per heavy atom. The molecule has 0 fully saturated rings. The van der Waals surface area contributed by atoms with E-state index in [0.29, 0.717) is 6.54 Å². The van der Waals surface area contributed by atoms with E-state index in [4.69, 9.17) is 0 Å². The monoisotopic (exact) mass is 348 g/mol. The third kappa shape index (κ3) is 5.38. The SMILES string of the molecule is C[C@H](CNC(=O)[C@@H](C)Sc1ccc([N+](=O)[O-])cc1)Cn1cccn1. The molecule has 0 aliphatic heterocycles. The first-order chi connectivity index (χ1) is 11.5. The van der Waals surface area contributed by atoms with E-state index in [2.05, 4.69) is 17.3 Å². The molecule has 0 radical (unpaired) electrons. The zero-order chi connectivity index (χ0) is 17.5. The number of amides is 1. The van der Waals surface area contributed by atoms with Gasteiger partial charge in [-0.3, -0.25) is 19.6 Å². The Hall–Kier alpha value is -2.35. The number of nitrogens with one attached hydrogen (secondary N) is 1. The molecular formula is C16H20N4O3S. The van der Waals surface area contributed by atoms with Crippen LogP contribution in [-0.2, 0) is 11.3 Å². The second-order valence-corrected chi connectivity index (χ2v) is 7.00. The Balaban J connectivity index is 1.78. The molecule has 2 rings (SSSR count). The van der Waals surface area contributed by atoms with Crippen LogP contribution in [0.25, 0.3) is 0 Å². The van der Waals surface area contributed by atoms with E-state index in [0.717, 1.165) is 11.4 Å². The molecule has 0 saturated heterocycles. The van der Waals surface area contributed by atoms with Crippen molar-refractivity contribution in [2.24, 2.45) is 5.92 Å². The number of non-ortho nitro benzene ring substituents is 1. The van der Waals surface area contributed by atoms with Gasteiger partial charge in [-0.15, -0.1) is 11.8 Å². The lowest BCUT2D eigenvalue weighted by molar-refractivity contribution is -0.384. The number of hydrogen-bond donors (Lipinski definition) is 1. The Morgan fingerprint density at radius 2 is 2.08 bits per heavy atom. The Labute approximate surface area is 144 Å². The molecule has 1 N–H and O–H groups in total. The second-order valence-electron chi connectivity index (χ2n) is 5.59. The van der Waals surface area contributed by atoms with Crippen LogP contribution in [0.4, 0.5) is 5.69 Å². The van der Waals surface area contributed by atoms with Gasteiger partial charge in [-0.1, -0.05) is 6.92 Å². The first-order valence-electron chi connectivity index (χ1n) is 7.62. The summed E-state index contributed by atoms with van der Waals surface area (Å²) >= 11 is 1.38. The standard InChI is InChI=1S/C16H20N4O3S/c1-12(11-19-9-3-8-18-19)10-17-16(21)13(2)24-15-6-4-14(5-7-15)20(22)23/h3-9,12-13H,10-11H2,1-2H3,(H,17,21)/t12-,13-/m1/s1. The van der Waals surface area contributed by atoms with Crippen molar-refractivity contribution < 1.29 is 9.72 Å². The van der Waals surface area contributed by atoms with Crippen LogP contribution >= 0.6 is 11.8 Å². The topological polar surface area (TPSA) is 90.1 Å². The van der Waals surface area contributed by atoms with E-state index in [1.807, 2.05) is 23.9 Å². The fourth-order valence-corrected chi connectivity index (χ4v) is 3.01. The number of thioether (sulfide) groups is 1. The molecule has 0 saturated carbocycles. The van der Waals surface area contributed by atoms with Gasteiger partial charge < -0.3 is 5.32 Å². The predicted octanol–water partition coefficient (Wildman–Crippen LogP) is 2.72. The maximum atomic E-state index is 12.2. The summed E-state index contributed by atoms with van der Waals surface area (Å²) in [5, 5.41) is 17.4. The number of nitro benzene ring substituents is 1. The van der Waals surface area contributed by atoms with Crippen molar-refractivity contribution in [3.63, 3.8) is 0 Å². The summed E-state index contributed by atoms with van der Waals surface area (Å²) < 4.78 is 1.84. The summed E-state index contributed by atoms with van der Waals surface area (Å²) in [4.78, 5) is 23.2. The summed E-state index contributed by atoms with van der Waals surface area (Å²) in [6, 6.07) is 8.08. The largest absolute Gasteiger partial charge is 0.355 e. The minimum absolute atomic E-state index is 0.0453. The first-order valence-corrected chi connectivity index (χ1v) is 8.50. The van der Waals surface area contributed by atoms with Crippen LogP contribution in [0.5, 0.6) is 0 Å². The molecule has 1 heterocycles. The number of aromatic nitrogens is 2. The zero-order valence-electron chi connectivity index (χ0n) is 13.6. The minimum atomic E-state index is -0.439. The van der Waals surface area contributed by atoms with Crippen molar-refractivity contribution in [3.05, 3.63) is 52.8 Å². The van der Waals surface area contributed by atoms with Crippen molar-refractivity contribution in [2.75, 3.05) is 6.54 Å². The Bertz CT molecular complexity index is 673. The number of nitro groups is 1. The van der Waals surface area contributed by atoms with E-state index in [1.54, 1.807) is 18.3 Å². The fraction of sp³-hybridized carbons (Fsp3) is 0.375. The molecule has 1 amide bonds. The highest BCUT2D eigenvalue weighted by Gasteiger charge is 2.16. The van der Waals surface area contributed by atoms with Gasteiger partial charge in [0, 0.05) is 42.5 Å². The first kappa shape index (κ1) is 18.0. The van der Waals surface area contributed by atoms with Crippen LogP contribution in [0, 0.1) is 16.0 Å². The molecular weight excluding hydrogens is 328 g/mol. The van der Waals surface area contributed by atoms with Crippen molar-refractivity contribution in [1.82, 2.24) is 15.1 Å². The van der Waals surface area contributed by atoms with Crippen LogP contribution in [0.3, 0.4) is 0 Å². The van der Waals surface area contributed by atoms with Crippen LogP contribution in [0.15, 0.2) is 47.6 Å². The molecule has 7 nitrogen and oxygen atoms in total. The van der Waals surface area contributed by atoms with Gasteiger partial charge in [0.1, 0.15) is 0 Å². The predicted molar refractivity (Wildman–Crippen MR) is 92.8 cm³/mol. The summed E-state index contributed by atoms with van der Waals surface area (Å²) in [6.45, 7) is 5.19. The zero-order valence-corrected chi connectivity index (χ0v) is 14.4. The van der Waals surface area contributed by atoms with Gasteiger partial charge in [0.15, 0.2) is 0 Å². The van der Waals surface area contributed by atoms with E-state index < -0.39 is 4.92 Å². The number of nitrogens with zero attached hydrogens (tertiary/aromatic N) is 3. The molecule has 2 aromatic rings. The lowest BCUT2D eigenvalue weighted by Crippen LogP contribution is -2.35. The molecule has 1 aromatic heterocycles. The van der Waals surface area contributed by atoms with Crippen LogP contribution in [0.1, 0.15) is 13.8 Å². The molecule has 128 valence electrons. The second kappa shape index (κ2) is 8.49. The highest BCUT2D eigenvalue weighted by molar-refractivity contribution is 8.00. The lowest BCUT2D eigenvalue weighted by Gasteiger charge is -2.15. The molecule has 1 aromatic carbocycles. The molecule has 24 heavy (non-hydrogen) atoms. The fourth-order valence-electron chi connectivity index (χ4n) is 2.11.